The van der Waals surface area contributed by atoms with Crippen LogP contribution in [0.1, 0.15) is 44.9 Å². The molecule has 0 saturated heterocycles. The molecule has 0 saturated carbocycles. The van der Waals surface area contributed by atoms with E-state index in [2.05, 4.69) is 19.9 Å². The van der Waals surface area contributed by atoms with E-state index in [1.807, 2.05) is 48.5 Å². The zero-order chi connectivity index (χ0) is 41.9. The molecule has 0 fully saturated rings. The molecular formula is C44H39FN7O6S+. The number of carbonyl (C=O) groups is 4. The largest absolute Gasteiger partial charge is 0.395 e. The van der Waals surface area contributed by atoms with Crippen molar-refractivity contribution in [2.24, 2.45) is 0 Å². The van der Waals surface area contributed by atoms with Gasteiger partial charge in [0.15, 0.2) is 23.8 Å². The Morgan fingerprint density at radius 2 is 1.37 bits per heavy atom. The first-order valence-electron chi connectivity index (χ1n) is 18.4. The van der Waals surface area contributed by atoms with Gasteiger partial charge in [0.05, 0.1) is 17.9 Å². The van der Waals surface area contributed by atoms with Crippen LogP contribution in [0.4, 0.5) is 10.1 Å². The number of nitrogens with zero attached hydrogens (tertiary/aromatic N) is 7. The van der Waals surface area contributed by atoms with Crippen molar-refractivity contribution in [1.29, 1.82) is 0 Å². The molecule has 7 rings (SSSR count). The van der Waals surface area contributed by atoms with Crippen LogP contribution >= 0.6 is 0 Å². The molecule has 59 heavy (non-hydrogen) atoms. The lowest BCUT2D eigenvalue weighted by Gasteiger charge is -2.24. The summed E-state index contributed by atoms with van der Waals surface area (Å²) in [6, 6.07) is 28.8. The lowest BCUT2D eigenvalue weighted by Crippen LogP contribution is -2.32. The van der Waals surface area contributed by atoms with Crippen LogP contribution in [0.3, 0.4) is 0 Å². The highest BCUT2D eigenvalue weighted by Crippen LogP contribution is 2.25. The second-order valence-electron chi connectivity index (χ2n) is 13.6. The normalized spacial score (nSPS) is 13.4. The number of hydrogen-bond donors (Lipinski definition) is 0. The van der Waals surface area contributed by atoms with E-state index in [0.717, 1.165) is 26.2 Å². The Kier molecular flexibility index (Phi) is 13.4. The first-order chi connectivity index (χ1) is 28.4. The number of anilines is 1. The molecule has 298 valence electrons. The van der Waals surface area contributed by atoms with E-state index >= 15 is 0 Å². The highest BCUT2D eigenvalue weighted by molar-refractivity contribution is 7.89. The van der Waals surface area contributed by atoms with E-state index in [9.17, 15) is 32.0 Å². The van der Waals surface area contributed by atoms with Crippen LogP contribution in [0.15, 0.2) is 145 Å². The van der Waals surface area contributed by atoms with Crippen LogP contribution in [0.5, 0.6) is 0 Å². The fourth-order valence-corrected chi connectivity index (χ4v) is 7.13. The van der Waals surface area contributed by atoms with Gasteiger partial charge in [0.2, 0.25) is 15.9 Å². The molecule has 15 heteroatoms. The fraction of sp³-hybridized carbons (Fsp3) is 0.159. The predicted octanol–water partition coefficient (Wildman–Crippen LogP) is 5.67. The average Bonchev–Trinajstić information content (AvgIpc) is 3.72. The average molecular weight is 813 g/mol. The topological polar surface area (TPSA) is 163 Å². The predicted molar refractivity (Wildman–Crippen MR) is 219 cm³/mol. The second kappa shape index (κ2) is 19.0. The summed E-state index contributed by atoms with van der Waals surface area (Å²) >= 11 is 0. The highest BCUT2D eigenvalue weighted by Gasteiger charge is 2.31. The first-order valence-corrected chi connectivity index (χ1v) is 19.8. The lowest BCUT2D eigenvalue weighted by atomic mass is 10.1. The number of aromatic nitrogens is 4. The summed E-state index contributed by atoms with van der Waals surface area (Å²) in [5.41, 5.74) is 2.50. The Hall–Kier alpha value is -6.97. The Balaban J connectivity index is 0.000000213. The minimum absolute atomic E-state index is 0.0541. The third-order valence-electron chi connectivity index (χ3n) is 9.31. The zero-order valence-corrected chi connectivity index (χ0v) is 32.9. The lowest BCUT2D eigenvalue weighted by molar-refractivity contribution is -0.467. The van der Waals surface area contributed by atoms with Crippen LogP contribution in [-0.2, 0) is 32.6 Å². The summed E-state index contributed by atoms with van der Waals surface area (Å²) in [7, 11) is -0.825. The van der Waals surface area contributed by atoms with E-state index in [0.29, 0.717) is 12.1 Å². The molecule has 1 aliphatic rings. The first kappa shape index (κ1) is 41.7. The summed E-state index contributed by atoms with van der Waals surface area (Å²) in [6.07, 6.45) is 10.6. The SMILES string of the molecule is CN(C)S(=O)(=O)c1cccc(N(Cc2ccc3ccccc3c2)C(=O)CC(=O)c2ccncn2)c1.O=C(CC(=O)[N+]1=CC=CC1Cc1ccc(F)cc1)c1ccncn1. The molecule has 4 aromatic carbocycles. The van der Waals surface area contributed by atoms with Crippen LogP contribution in [-0.4, -0.2) is 87.0 Å². The van der Waals surface area contributed by atoms with Gasteiger partial charge in [0.1, 0.15) is 36.3 Å². The van der Waals surface area contributed by atoms with E-state index in [-0.39, 0.29) is 52.8 Å². The molecule has 1 aliphatic heterocycles. The van der Waals surface area contributed by atoms with Crippen molar-refractivity contribution >= 4 is 56.1 Å². The van der Waals surface area contributed by atoms with Crippen molar-refractivity contribution in [3.8, 4) is 0 Å². The molecule has 3 heterocycles. The number of rotatable bonds is 13. The van der Waals surface area contributed by atoms with E-state index in [1.165, 1.54) is 85.0 Å². The van der Waals surface area contributed by atoms with Crippen molar-refractivity contribution in [3.05, 3.63) is 169 Å². The molecule has 2 amide bonds. The van der Waals surface area contributed by atoms with Gasteiger partial charge in [-0.3, -0.25) is 14.4 Å². The van der Waals surface area contributed by atoms with E-state index in [1.54, 1.807) is 36.6 Å². The van der Waals surface area contributed by atoms with Crippen molar-refractivity contribution in [2.45, 2.75) is 36.7 Å². The van der Waals surface area contributed by atoms with Gasteiger partial charge >= 0.3 is 5.91 Å². The summed E-state index contributed by atoms with van der Waals surface area (Å²) < 4.78 is 41.0. The molecule has 0 N–H and O–H groups in total. The van der Waals surface area contributed by atoms with Crippen molar-refractivity contribution < 1.29 is 36.6 Å². The number of allylic oxidation sites excluding steroid dienone is 1. The Morgan fingerprint density at radius 1 is 0.729 bits per heavy atom. The maximum absolute atomic E-state index is 13.4. The van der Waals surface area contributed by atoms with E-state index < -0.39 is 28.1 Å². The minimum atomic E-state index is -3.71. The highest BCUT2D eigenvalue weighted by atomic mass is 32.2. The standard InChI is InChI=1S/C26H24N4O4S.C18H15FN3O2/c1-29(2)35(33,34)23-9-5-8-22(15-23)30(26(32)16-25(31)24-12-13-27-18-28-24)17-19-10-11-20-6-3-4-7-21(20)14-19;19-14-5-3-13(4-6-14)10-15-2-1-9-22(15)18(24)11-17(23)16-7-8-20-12-21-16/h3-15,18H,16-17H2,1-2H3;1-9,12,15H,10-11H2/q;+1. The summed E-state index contributed by atoms with van der Waals surface area (Å²) in [4.78, 5) is 67.4. The quantitative estimate of drug-likeness (QED) is 0.0808. The second-order valence-corrected chi connectivity index (χ2v) is 15.7. The Bertz CT molecular complexity index is 2660. The molecule has 2 aromatic heterocycles. The van der Waals surface area contributed by atoms with Gasteiger partial charge in [-0.05, 0) is 76.5 Å². The van der Waals surface area contributed by atoms with Crippen molar-refractivity contribution in [2.75, 3.05) is 19.0 Å². The van der Waals surface area contributed by atoms with Gasteiger partial charge in [-0.25, -0.2) is 41.8 Å². The summed E-state index contributed by atoms with van der Waals surface area (Å²) in [5, 5.41) is 2.07. The number of carbonyl (C=O) groups excluding carboxylic acids is 4. The molecule has 0 radical (unpaired) electrons. The number of amides is 2. The van der Waals surface area contributed by atoms with Gasteiger partial charge in [0, 0.05) is 44.7 Å². The number of halogens is 1. The molecule has 0 spiro atoms. The third-order valence-corrected chi connectivity index (χ3v) is 11.1. The van der Waals surface area contributed by atoms with Gasteiger partial charge in [-0.2, -0.15) is 4.58 Å². The molecule has 0 bridgehead atoms. The smallest absolute Gasteiger partial charge is 0.308 e. The molecule has 6 aromatic rings. The zero-order valence-electron chi connectivity index (χ0n) is 32.1. The fourth-order valence-electron chi connectivity index (χ4n) is 6.19. The van der Waals surface area contributed by atoms with Crippen LogP contribution in [0.2, 0.25) is 0 Å². The molecule has 1 atom stereocenters. The van der Waals surface area contributed by atoms with Crippen LogP contribution < -0.4 is 4.90 Å². The molecular weight excluding hydrogens is 774 g/mol. The summed E-state index contributed by atoms with van der Waals surface area (Å²) in [6.45, 7) is 0.159. The van der Waals surface area contributed by atoms with E-state index in [4.69, 9.17) is 0 Å². The maximum atomic E-state index is 13.4. The Morgan fingerprint density at radius 3 is 2.02 bits per heavy atom. The van der Waals surface area contributed by atoms with Gasteiger partial charge in [-0.15, -0.1) is 0 Å². The minimum Gasteiger partial charge on any atom is -0.308 e. The van der Waals surface area contributed by atoms with Gasteiger partial charge < -0.3 is 4.90 Å². The van der Waals surface area contributed by atoms with Crippen LogP contribution in [0, 0.1) is 5.82 Å². The van der Waals surface area contributed by atoms with Gasteiger partial charge in [0.25, 0.3) is 0 Å². The number of hydrogen-bond acceptors (Lipinski definition) is 10. The van der Waals surface area contributed by atoms with Crippen molar-refractivity contribution in [1.82, 2.24) is 24.2 Å². The number of benzene rings is 4. The Labute approximate surface area is 340 Å². The number of fused-ring (bicyclic) bond motifs is 1. The number of Topliss-reactive ketones (excluding diaryl/α,β-unsaturated/α-hetero) is 2. The van der Waals surface area contributed by atoms with Gasteiger partial charge in [-0.1, -0.05) is 54.6 Å². The maximum Gasteiger partial charge on any atom is 0.395 e. The molecule has 1 unspecified atom stereocenters. The number of ketones is 2. The van der Waals surface area contributed by atoms with Crippen LogP contribution in [0.25, 0.3) is 10.8 Å². The molecule has 0 aliphatic carbocycles. The number of sulfonamides is 1. The summed E-state index contributed by atoms with van der Waals surface area (Å²) in [5.74, 6) is -1.85. The third kappa shape index (κ3) is 10.7. The monoisotopic (exact) mass is 812 g/mol. The van der Waals surface area contributed by atoms with Crippen molar-refractivity contribution in [3.63, 3.8) is 0 Å². The molecule has 13 nitrogen and oxygen atoms in total.